The van der Waals surface area contributed by atoms with Crippen LogP contribution < -0.4 is 10.1 Å². The van der Waals surface area contributed by atoms with E-state index in [1.165, 1.54) is 0 Å². The normalized spacial score (nSPS) is 10.6. The van der Waals surface area contributed by atoms with E-state index in [2.05, 4.69) is 20.5 Å². The Morgan fingerprint density at radius 1 is 0.926 bits per heavy atom. The maximum Gasteiger partial charge on any atom is 0.163 e. The third kappa shape index (κ3) is 3.50. The standard InChI is InChI=1S/C21H19N5O/c1-26-14-23-25-21(26)16-5-9-17(10-6-16)24-19-4-3-13-22-20(19)15-7-11-18(27-2)12-8-15/h3-14,24H,1-2H3. The van der Waals surface area contributed by atoms with Crippen molar-refractivity contribution in [2.75, 3.05) is 12.4 Å². The van der Waals surface area contributed by atoms with E-state index in [1.54, 1.807) is 19.6 Å². The lowest BCUT2D eigenvalue weighted by Gasteiger charge is -2.12. The SMILES string of the molecule is COc1ccc(-c2ncccc2Nc2ccc(-c3nncn3C)cc2)cc1. The molecule has 4 aromatic rings. The minimum atomic E-state index is 0.823. The fourth-order valence-electron chi connectivity index (χ4n) is 2.89. The van der Waals surface area contributed by atoms with Crippen molar-refractivity contribution in [3.63, 3.8) is 0 Å². The second-order valence-electron chi connectivity index (χ2n) is 6.10. The van der Waals surface area contributed by atoms with Crippen molar-refractivity contribution in [1.29, 1.82) is 0 Å². The molecule has 0 atom stereocenters. The summed E-state index contributed by atoms with van der Waals surface area (Å²) in [5.41, 5.74) is 4.84. The number of methoxy groups -OCH3 is 1. The van der Waals surface area contributed by atoms with Gasteiger partial charge < -0.3 is 14.6 Å². The van der Waals surface area contributed by atoms with Crippen LogP contribution in [0, 0.1) is 0 Å². The molecule has 2 heterocycles. The minimum absolute atomic E-state index is 0.823. The Hall–Kier alpha value is -3.67. The van der Waals surface area contributed by atoms with Gasteiger partial charge in [-0.3, -0.25) is 4.98 Å². The number of nitrogens with one attached hydrogen (secondary N) is 1. The number of aromatic nitrogens is 4. The highest BCUT2D eigenvalue weighted by Crippen LogP contribution is 2.30. The van der Waals surface area contributed by atoms with E-state index in [-0.39, 0.29) is 0 Å². The molecule has 0 amide bonds. The molecule has 0 aliphatic heterocycles. The number of aryl methyl sites for hydroxylation is 1. The van der Waals surface area contributed by atoms with Crippen molar-refractivity contribution < 1.29 is 4.74 Å². The number of ether oxygens (including phenoxy) is 1. The topological polar surface area (TPSA) is 64.9 Å². The number of hydrogen-bond donors (Lipinski definition) is 1. The summed E-state index contributed by atoms with van der Waals surface area (Å²) in [6, 6.07) is 19.9. The number of hydrogen-bond acceptors (Lipinski definition) is 5. The lowest BCUT2D eigenvalue weighted by atomic mass is 10.1. The van der Waals surface area contributed by atoms with Crippen molar-refractivity contribution >= 4 is 11.4 Å². The molecule has 0 saturated heterocycles. The summed E-state index contributed by atoms with van der Waals surface area (Å²) >= 11 is 0. The van der Waals surface area contributed by atoms with E-state index in [9.17, 15) is 0 Å². The molecule has 2 aromatic carbocycles. The van der Waals surface area contributed by atoms with Crippen LogP contribution in [0.1, 0.15) is 0 Å². The van der Waals surface area contributed by atoms with Gasteiger partial charge in [0.2, 0.25) is 0 Å². The molecule has 0 aliphatic rings. The summed E-state index contributed by atoms with van der Waals surface area (Å²) in [7, 11) is 3.59. The summed E-state index contributed by atoms with van der Waals surface area (Å²) in [6.45, 7) is 0. The lowest BCUT2D eigenvalue weighted by Crippen LogP contribution is -1.96. The summed E-state index contributed by atoms with van der Waals surface area (Å²) < 4.78 is 7.13. The minimum Gasteiger partial charge on any atom is -0.497 e. The molecule has 134 valence electrons. The zero-order valence-corrected chi connectivity index (χ0v) is 15.1. The first-order valence-electron chi connectivity index (χ1n) is 8.55. The lowest BCUT2D eigenvalue weighted by molar-refractivity contribution is 0.415. The Labute approximate surface area is 157 Å². The predicted molar refractivity (Wildman–Crippen MR) is 106 cm³/mol. The smallest absolute Gasteiger partial charge is 0.163 e. The quantitative estimate of drug-likeness (QED) is 0.577. The Kier molecular flexibility index (Phi) is 4.53. The molecule has 1 N–H and O–H groups in total. The molecule has 0 unspecified atom stereocenters. The molecular weight excluding hydrogens is 338 g/mol. The maximum atomic E-state index is 5.23. The van der Waals surface area contributed by atoms with Gasteiger partial charge in [0.1, 0.15) is 12.1 Å². The van der Waals surface area contributed by atoms with Crippen LogP contribution in [0.15, 0.2) is 73.2 Å². The number of anilines is 2. The average molecular weight is 357 g/mol. The van der Waals surface area contributed by atoms with Crippen LogP contribution in [0.5, 0.6) is 5.75 Å². The molecule has 27 heavy (non-hydrogen) atoms. The van der Waals surface area contributed by atoms with E-state index < -0.39 is 0 Å². The first kappa shape index (κ1) is 16.8. The van der Waals surface area contributed by atoms with Gasteiger partial charge in [-0.1, -0.05) is 0 Å². The fraction of sp³-hybridized carbons (Fsp3) is 0.0952. The molecule has 6 nitrogen and oxygen atoms in total. The summed E-state index contributed by atoms with van der Waals surface area (Å²) in [4.78, 5) is 4.55. The zero-order valence-electron chi connectivity index (χ0n) is 15.1. The van der Waals surface area contributed by atoms with Gasteiger partial charge in [0.25, 0.3) is 0 Å². The van der Waals surface area contributed by atoms with E-state index in [1.807, 2.05) is 72.3 Å². The molecule has 2 aromatic heterocycles. The molecule has 4 rings (SSSR count). The second kappa shape index (κ2) is 7.29. The summed E-state index contributed by atoms with van der Waals surface area (Å²) in [6.07, 6.45) is 3.49. The highest BCUT2D eigenvalue weighted by molar-refractivity contribution is 5.78. The Bertz CT molecular complexity index is 1040. The number of nitrogens with zero attached hydrogens (tertiary/aromatic N) is 4. The molecule has 0 radical (unpaired) electrons. The highest BCUT2D eigenvalue weighted by atomic mass is 16.5. The zero-order chi connectivity index (χ0) is 18.6. The van der Waals surface area contributed by atoms with Crippen molar-refractivity contribution in [2.45, 2.75) is 0 Å². The molecule has 0 spiro atoms. The average Bonchev–Trinajstić information content (AvgIpc) is 3.15. The van der Waals surface area contributed by atoms with E-state index in [0.29, 0.717) is 0 Å². The van der Waals surface area contributed by atoms with Gasteiger partial charge in [0, 0.05) is 30.1 Å². The summed E-state index contributed by atoms with van der Waals surface area (Å²) in [5.74, 6) is 1.66. The van der Waals surface area contributed by atoms with E-state index in [0.717, 1.165) is 39.8 Å². The molecule has 6 heteroatoms. The van der Waals surface area contributed by atoms with Gasteiger partial charge in [-0.25, -0.2) is 0 Å². The van der Waals surface area contributed by atoms with Crippen LogP contribution >= 0.6 is 0 Å². The number of pyridine rings is 1. The molecule has 0 fully saturated rings. The van der Waals surface area contributed by atoms with Crippen molar-refractivity contribution in [3.8, 4) is 28.4 Å². The van der Waals surface area contributed by atoms with E-state index >= 15 is 0 Å². The van der Waals surface area contributed by atoms with Crippen LogP contribution in [0.2, 0.25) is 0 Å². The Balaban J connectivity index is 1.60. The van der Waals surface area contributed by atoms with Gasteiger partial charge in [-0.05, 0) is 60.7 Å². The number of benzene rings is 2. The first-order valence-corrected chi connectivity index (χ1v) is 8.55. The fourth-order valence-corrected chi connectivity index (χ4v) is 2.89. The van der Waals surface area contributed by atoms with Crippen molar-refractivity contribution in [2.24, 2.45) is 7.05 Å². The largest absolute Gasteiger partial charge is 0.497 e. The van der Waals surface area contributed by atoms with Crippen molar-refractivity contribution in [1.82, 2.24) is 19.7 Å². The molecule has 0 bridgehead atoms. The Morgan fingerprint density at radius 3 is 2.33 bits per heavy atom. The van der Waals surface area contributed by atoms with Crippen molar-refractivity contribution in [3.05, 3.63) is 73.2 Å². The Morgan fingerprint density at radius 2 is 1.67 bits per heavy atom. The van der Waals surface area contributed by atoms with Gasteiger partial charge in [0.05, 0.1) is 18.5 Å². The molecule has 0 saturated carbocycles. The predicted octanol–water partition coefficient (Wildman–Crippen LogP) is 4.30. The maximum absolute atomic E-state index is 5.23. The van der Waals surface area contributed by atoms with E-state index in [4.69, 9.17) is 4.74 Å². The van der Waals surface area contributed by atoms with Crippen LogP contribution in [0.4, 0.5) is 11.4 Å². The van der Waals surface area contributed by atoms with Gasteiger partial charge in [0.15, 0.2) is 5.82 Å². The molecular formula is C21H19N5O. The third-order valence-electron chi connectivity index (χ3n) is 4.30. The number of rotatable bonds is 5. The third-order valence-corrected chi connectivity index (χ3v) is 4.30. The molecule has 0 aliphatic carbocycles. The second-order valence-corrected chi connectivity index (χ2v) is 6.10. The van der Waals surface area contributed by atoms with Gasteiger partial charge in [-0.2, -0.15) is 0 Å². The van der Waals surface area contributed by atoms with Crippen LogP contribution in [0.3, 0.4) is 0 Å². The first-order chi connectivity index (χ1) is 13.2. The van der Waals surface area contributed by atoms with Crippen LogP contribution in [0.25, 0.3) is 22.6 Å². The summed E-state index contributed by atoms with van der Waals surface area (Å²) in [5, 5.41) is 11.5. The monoisotopic (exact) mass is 357 g/mol. The van der Waals surface area contributed by atoms with Crippen LogP contribution in [-0.2, 0) is 7.05 Å². The van der Waals surface area contributed by atoms with Gasteiger partial charge in [-0.15, -0.1) is 10.2 Å². The van der Waals surface area contributed by atoms with Gasteiger partial charge >= 0.3 is 0 Å². The van der Waals surface area contributed by atoms with Crippen LogP contribution in [-0.4, -0.2) is 26.9 Å². The highest BCUT2D eigenvalue weighted by Gasteiger charge is 2.08.